The van der Waals surface area contributed by atoms with Crippen molar-refractivity contribution in [3.8, 4) is 0 Å². The number of rotatable bonds is 4. The van der Waals surface area contributed by atoms with Crippen LogP contribution in [0.2, 0.25) is 0 Å². The number of fused-ring (bicyclic) bond motifs is 1. The van der Waals surface area contributed by atoms with Gasteiger partial charge in [-0.15, -0.1) is 0 Å². The van der Waals surface area contributed by atoms with E-state index in [0.717, 1.165) is 29.7 Å². The average molecular weight is 380 g/mol. The lowest BCUT2D eigenvalue weighted by Gasteiger charge is -2.32. The van der Waals surface area contributed by atoms with Gasteiger partial charge in [-0.3, -0.25) is 9.78 Å². The molecule has 3 heterocycles. The second kappa shape index (κ2) is 6.75. The van der Waals surface area contributed by atoms with Crippen molar-refractivity contribution < 1.29 is 4.74 Å². The quantitative estimate of drug-likeness (QED) is 0.856. The average Bonchev–Trinajstić information content (AvgIpc) is 3.19. The van der Waals surface area contributed by atoms with E-state index in [0.29, 0.717) is 18.7 Å². The van der Waals surface area contributed by atoms with Gasteiger partial charge in [0.1, 0.15) is 0 Å². The molecule has 6 nitrogen and oxygen atoms in total. The van der Waals surface area contributed by atoms with Crippen LogP contribution in [0.1, 0.15) is 48.7 Å². The summed E-state index contributed by atoms with van der Waals surface area (Å²) in [5.74, 6) is 0. The van der Waals surface area contributed by atoms with Gasteiger partial charge in [-0.25, -0.2) is 0 Å². The Labute approximate surface area is 144 Å². The molecule has 1 fully saturated rings. The van der Waals surface area contributed by atoms with Crippen molar-refractivity contribution >= 4 is 15.9 Å². The van der Waals surface area contributed by atoms with Crippen LogP contribution in [-0.4, -0.2) is 32.6 Å². The fourth-order valence-electron chi connectivity index (χ4n) is 3.71. The number of nitrogens with zero attached hydrogens (tertiary/aromatic N) is 3. The Balaban J connectivity index is 1.45. The van der Waals surface area contributed by atoms with Crippen molar-refractivity contribution in [2.24, 2.45) is 0 Å². The van der Waals surface area contributed by atoms with Crippen molar-refractivity contribution in [1.29, 1.82) is 0 Å². The molecule has 1 aliphatic heterocycles. The molecule has 0 unspecified atom stereocenters. The molecule has 2 N–H and O–H groups in total. The normalized spacial score (nSPS) is 24.6. The molecule has 0 aromatic carbocycles. The second-order valence-electron chi connectivity index (χ2n) is 6.41. The number of ether oxygens (including phenoxy) is 1. The van der Waals surface area contributed by atoms with Gasteiger partial charge in [0.15, 0.2) is 0 Å². The maximum Gasteiger partial charge on any atom is 0.0818 e. The number of aromatic amines is 1. The molecule has 7 heteroatoms. The van der Waals surface area contributed by atoms with E-state index in [2.05, 4.69) is 47.4 Å². The summed E-state index contributed by atoms with van der Waals surface area (Å²) in [6, 6.07) is 0.855. The third kappa shape index (κ3) is 3.22. The zero-order valence-electron chi connectivity index (χ0n) is 13.1. The fraction of sp³-hybridized carbons (Fsp3) is 0.625. The lowest BCUT2D eigenvalue weighted by molar-refractivity contribution is 0.109. The monoisotopic (exact) mass is 379 g/mol. The third-order valence-electron chi connectivity index (χ3n) is 4.95. The van der Waals surface area contributed by atoms with Gasteiger partial charge in [0.25, 0.3) is 0 Å². The fourth-order valence-corrected chi connectivity index (χ4v) is 4.01. The molecule has 0 amide bonds. The van der Waals surface area contributed by atoms with E-state index in [9.17, 15) is 0 Å². The van der Waals surface area contributed by atoms with Gasteiger partial charge in [0.05, 0.1) is 35.6 Å². The summed E-state index contributed by atoms with van der Waals surface area (Å²) in [5, 5.41) is 15.9. The van der Waals surface area contributed by atoms with Gasteiger partial charge >= 0.3 is 0 Å². The van der Waals surface area contributed by atoms with Crippen LogP contribution in [0, 0.1) is 0 Å². The molecule has 1 aliphatic carbocycles. The molecule has 0 saturated heterocycles. The van der Waals surface area contributed by atoms with Crippen molar-refractivity contribution in [3.63, 3.8) is 0 Å². The Morgan fingerprint density at radius 3 is 3.17 bits per heavy atom. The Hall–Kier alpha value is -1.18. The first-order valence-electron chi connectivity index (χ1n) is 8.37. The van der Waals surface area contributed by atoms with Crippen LogP contribution in [-0.2, 0) is 24.3 Å². The standard InChI is InChI=1S/C16H22BrN5O/c17-11-7-19-22(9-11)16-4-2-1-3-14(16)18-8-15-12-10-23-6-5-13(12)20-21-15/h7,9,14,16,18H,1-6,8,10H2,(H,20,21)/t14-,16+/m0/s1. The molecular formula is C16H22BrN5O. The van der Waals surface area contributed by atoms with E-state index < -0.39 is 0 Å². The van der Waals surface area contributed by atoms with Crippen molar-refractivity contribution in [2.45, 2.75) is 57.3 Å². The molecule has 1 saturated carbocycles. The van der Waals surface area contributed by atoms with Crippen molar-refractivity contribution in [2.75, 3.05) is 6.61 Å². The highest BCUT2D eigenvalue weighted by atomic mass is 79.9. The van der Waals surface area contributed by atoms with Crippen LogP contribution in [0.15, 0.2) is 16.9 Å². The lowest BCUT2D eigenvalue weighted by Crippen LogP contribution is -2.40. The van der Waals surface area contributed by atoms with Crippen LogP contribution < -0.4 is 5.32 Å². The molecule has 2 aromatic rings. The number of aromatic nitrogens is 4. The maximum absolute atomic E-state index is 5.57. The highest BCUT2D eigenvalue weighted by Crippen LogP contribution is 2.29. The van der Waals surface area contributed by atoms with Crippen LogP contribution >= 0.6 is 15.9 Å². The zero-order valence-corrected chi connectivity index (χ0v) is 14.7. The van der Waals surface area contributed by atoms with Gasteiger partial charge in [0, 0.05) is 36.5 Å². The zero-order chi connectivity index (χ0) is 15.6. The van der Waals surface area contributed by atoms with Gasteiger partial charge < -0.3 is 10.1 Å². The minimum atomic E-state index is 0.418. The highest BCUT2D eigenvalue weighted by Gasteiger charge is 2.27. The Bertz CT molecular complexity index is 667. The predicted molar refractivity (Wildman–Crippen MR) is 90.0 cm³/mol. The molecule has 2 aliphatic rings. The first kappa shape index (κ1) is 15.4. The summed E-state index contributed by atoms with van der Waals surface area (Å²) in [6.45, 7) is 2.27. The molecule has 124 valence electrons. The summed E-state index contributed by atoms with van der Waals surface area (Å²) < 4.78 is 8.72. The molecule has 0 radical (unpaired) electrons. The van der Waals surface area contributed by atoms with Crippen LogP contribution in [0.5, 0.6) is 0 Å². The first-order valence-corrected chi connectivity index (χ1v) is 9.16. The summed E-state index contributed by atoms with van der Waals surface area (Å²) in [6.07, 6.45) is 9.79. The van der Waals surface area contributed by atoms with Crippen LogP contribution in [0.3, 0.4) is 0 Å². The van der Waals surface area contributed by atoms with Gasteiger partial charge in [-0.05, 0) is 28.8 Å². The van der Waals surface area contributed by atoms with Crippen molar-refractivity contribution in [1.82, 2.24) is 25.3 Å². The van der Waals surface area contributed by atoms with E-state index in [-0.39, 0.29) is 0 Å². The Morgan fingerprint density at radius 1 is 1.39 bits per heavy atom. The molecule has 2 aromatic heterocycles. The number of hydrogen-bond acceptors (Lipinski definition) is 4. The first-order chi connectivity index (χ1) is 11.3. The molecular weight excluding hydrogens is 358 g/mol. The number of hydrogen-bond donors (Lipinski definition) is 2. The molecule has 23 heavy (non-hydrogen) atoms. The minimum absolute atomic E-state index is 0.418. The lowest BCUT2D eigenvalue weighted by atomic mass is 9.90. The number of H-pyrrole nitrogens is 1. The van der Waals surface area contributed by atoms with Gasteiger partial charge in [-0.1, -0.05) is 12.8 Å². The van der Waals surface area contributed by atoms with E-state index in [1.165, 1.54) is 36.9 Å². The number of halogens is 1. The largest absolute Gasteiger partial charge is 0.376 e. The summed E-state index contributed by atoms with van der Waals surface area (Å²) in [4.78, 5) is 0. The molecule has 0 spiro atoms. The third-order valence-corrected chi connectivity index (χ3v) is 5.36. The summed E-state index contributed by atoms with van der Waals surface area (Å²) in [5.41, 5.74) is 3.59. The Morgan fingerprint density at radius 2 is 2.30 bits per heavy atom. The minimum Gasteiger partial charge on any atom is -0.376 e. The SMILES string of the molecule is Brc1cnn([C@@H]2CCCC[C@@H]2NCc2n[nH]c3c2COCC3)c1. The van der Waals surface area contributed by atoms with E-state index in [1.54, 1.807) is 0 Å². The predicted octanol–water partition coefficient (Wildman–Crippen LogP) is 2.71. The van der Waals surface area contributed by atoms with Crippen molar-refractivity contribution in [3.05, 3.63) is 33.8 Å². The highest BCUT2D eigenvalue weighted by molar-refractivity contribution is 9.10. The molecule has 0 bridgehead atoms. The van der Waals surface area contributed by atoms with E-state index in [4.69, 9.17) is 4.74 Å². The second-order valence-corrected chi connectivity index (χ2v) is 7.32. The summed E-state index contributed by atoms with van der Waals surface area (Å²) >= 11 is 3.50. The van der Waals surface area contributed by atoms with Gasteiger partial charge in [0.2, 0.25) is 0 Å². The van der Waals surface area contributed by atoms with Crippen LogP contribution in [0.25, 0.3) is 0 Å². The topological polar surface area (TPSA) is 67.8 Å². The maximum atomic E-state index is 5.57. The van der Waals surface area contributed by atoms with E-state index >= 15 is 0 Å². The van der Waals surface area contributed by atoms with Gasteiger partial charge in [-0.2, -0.15) is 10.2 Å². The number of nitrogens with one attached hydrogen (secondary N) is 2. The Kier molecular flexibility index (Phi) is 4.50. The molecule has 4 rings (SSSR count). The van der Waals surface area contributed by atoms with E-state index in [1.807, 2.05) is 6.20 Å². The smallest absolute Gasteiger partial charge is 0.0818 e. The summed E-state index contributed by atoms with van der Waals surface area (Å²) in [7, 11) is 0. The molecule has 2 atom stereocenters. The van der Waals surface area contributed by atoms with Crippen LogP contribution in [0.4, 0.5) is 0 Å².